The van der Waals surface area contributed by atoms with Gasteiger partial charge in [0.25, 0.3) is 0 Å². The fourth-order valence-electron chi connectivity index (χ4n) is 2.42. The standard InChI is InChI=1S/C15H10B2O5/c16-10-11(17)15-9(13(20)14(10)21)8(5-22-15)12(19)6-1-3-7(18)4-2-6/h1-5,18H,16-17H2. The highest BCUT2D eigenvalue weighted by Gasteiger charge is 2.35. The van der Waals surface area contributed by atoms with Crippen LogP contribution in [0.4, 0.5) is 0 Å². The average Bonchev–Trinajstić information content (AvgIpc) is 2.96. The molecule has 1 aromatic carbocycles. The number of hydrogen-bond acceptors (Lipinski definition) is 5. The van der Waals surface area contributed by atoms with Crippen LogP contribution >= 0.6 is 0 Å². The van der Waals surface area contributed by atoms with Crippen LogP contribution in [0.15, 0.2) is 40.4 Å². The van der Waals surface area contributed by atoms with Crippen LogP contribution in [0, 0.1) is 0 Å². The molecule has 1 heterocycles. The van der Waals surface area contributed by atoms with E-state index in [9.17, 15) is 19.5 Å². The first-order valence-electron chi connectivity index (χ1n) is 6.64. The summed E-state index contributed by atoms with van der Waals surface area (Å²) in [6, 6.07) is 5.64. The maximum absolute atomic E-state index is 12.5. The molecule has 5 nitrogen and oxygen atoms in total. The van der Waals surface area contributed by atoms with Gasteiger partial charge in [0.15, 0.2) is 5.78 Å². The van der Waals surface area contributed by atoms with Crippen molar-refractivity contribution in [2.24, 2.45) is 0 Å². The number of hydrogen-bond donors (Lipinski definition) is 1. The molecule has 0 fully saturated rings. The number of phenolic OH excluding ortho intramolecular Hbond substituents is 1. The summed E-state index contributed by atoms with van der Waals surface area (Å²) < 4.78 is 5.35. The second-order valence-electron chi connectivity index (χ2n) is 5.14. The summed E-state index contributed by atoms with van der Waals surface area (Å²) in [5, 5.41) is 9.27. The van der Waals surface area contributed by atoms with Crippen molar-refractivity contribution in [3.8, 4) is 5.75 Å². The summed E-state index contributed by atoms with van der Waals surface area (Å²) in [5.74, 6) is -1.48. The molecule has 1 aliphatic rings. The second kappa shape index (κ2) is 4.87. The van der Waals surface area contributed by atoms with Crippen molar-refractivity contribution >= 4 is 38.5 Å². The van der Waals surface area contributed by atoms with Gasteiger partial charge in [-0.05, 0) is 35.2 Å². The molecule has 0 spiro atoms. The molecule has 0 bridgehead atoms. The number of allylic oxidation sites excluding steroid dienone is 1. The van der Waals surface area contributed by atoms with E-state index < -0.39 is 17.3 Å². The Labute approximate surface area is 127 Å². The summed E-state index contributed by atoms with van der Waals surface area (Å²) >= 11 is 0. The van der Waals surface area contributed by atoms with E-state index in [1.54, 1.807) is 15.7 Å². The van der Waals surface area contributed by atoms with Gasteiger partial charge in [0.05, 0.1) is 11.1 Å². The summed E-state index contributed by atoms with van der Waals surface area (Å²) in [5.41, 5.74) is 1.27. The third kappa shape index (κ3) is 1.94. The summed E-state index contributed by atoms with van der Waals surface area (Å²) in [6.45, 7) is 0. The van der Waals surface area contributed by atoms with Gasteiger partial charge in [-0.3, -0.25) is 14.4 Å². The number of benzene rings is 1. The second-order valence-corrected chi connectivity index (χ2v) is 5.14. The summed E-state index contributed by atoms with van der Waals surface area (Å²) in [6.07, 6.45) is 1.20. The zero-order valence-corrected chi connectivity index (χ0v) is 12.0. The lowest BCUT2D eigenvalue weighted by Gasteiger charge is -2.13. The van der Waals surface area contributed by atoms with Crippen molar-refractivity contribution in [2.75, 3.05) is 0 Å². The number of Topliss-reactive ketones (excluding diaryl/α,β-unsaturated/α-hetero) is 2. The maximum Gasteiger partial charge on any atom is 0.236 e. The number of aromatic hydroxyl groups is 1. The molecule has 106 valence electrons. The Morgan fingerprint density at radius 1 is 1.00 bits per heavy atom. The van der Waals surface area contributed by atoms with E-state index >= 15 is 0 Å². The molecule has 0 amide bonds. The van der Waals surface area contributed by atoms with E-state index in [-0.39, 0.29) is 22.6 Å². The first kappa shape index (κ1) is 14.1. The molecule has 0 radical (unpaired) electrons. The number of phenols is 1. The van der Waals surface area contributed by atoms with Crippen molar-refractivity contribution in [2.45, 2.75) is 0 Å². The van der Waals surface area contributed by atoms with Gasteiger partial charge in [-0.15, -0.1) is 0 Å². The monoisotopic (exact) mass is 292 g/mol. The maximum atomic E-state index is 12.5. The van der Waals surface area contributed by atoms with Crippen LogP contribution < -0.4 is 0 Å². The molecule has 0 aliphatic heterocycles. The van der Waals surface area contributed by atoms with Crippen molar-refractivity contribution in [3.63, 3.8) is 0 Å². The molecular formula is C15H10B2O5. The highest BCUT2D eigenvalue weighted by molar-refractivity contribution is 6.68. The smallest absolute Gasteiger partial charge is 0.236 e. The van der Waals surface area contributed by atoms with Crippen molar-refractivity contribution in [1.29, 1.82) is 0 Å². The third-order valence-corrected chi connectivity index (χ3v) is 3.84. The van der Waals surface area contributed by atoms with E-state index in [1.165, 1.54) is 30.5 Å². The molecule has 1 aromatic heterocycles. The lowest BCUT2D eigenvalue weighted by molar-refractivity contribution is -0.111. The van der Waals surface area contributed by atoms with Gasteiger partial charge in [-0.2, -0.15) is 0 Å². The van der Waals surface area contributed by atoms with Crippen LogP contribution in [0.3, 0.4) is 0 Å². The van der Waals surface area contributed by atoms with Crippen LogP contribution in [0.25, 0.3) is 5.47 Å². The minimum atomic E-state index is -0.728. The molecule has 1 aliphatic carbocycles. The molecule has 2 aromatic rings. The zero-order valence-electron chi connectivity index (χ0n) is 12.0. The summed E-state index contributed by atoms with van der Waals surface area (Å²) in [7, 11) is 3.24. The number of carbonyl (C=O) groups is 3. The topological polar surface area (TPSA) is 84.6 Å². The van der Waals surface area contributed by atoms with Gasteiger partial charge in [0.1, 0.15) is 33.5 Å². The third-order valence-electron chi connectivity index (χ3n) is 3.84. The molecule has 1 N–H and O–H groups in total. The van der Waals surface area contributed by atoms with Crippen LogP contribution in [0.2, 0.25) is 0 Å². The Morgan fingerprint density at radius 3 is 2.27 bits per heavy atom. The summed E-state index contributed by atoms with van der Waals surface area (Å²) in [4.78, 5) is 36.7. The Bertz CT molecular complexity index is 859. The van der Waals surface area contributed by atoms with Crippen molar-refractivity contribution in [1.82, 2.24) is 0 Å². The van der Waals surface area contributed by atoms with Gasteiger partial charge < -0.3 is 9.52 Å². The first-order chi connectivity index (χ1) is 10.4. The van der Waals surface area contributed by atoms with E-state index in [2.05, 4.69) is 0 Å². The van der Waals surface area contributed by atoms with Crippen molar-refractivity contribution < 1.29 is 23.9 Å². The zero-order chi connectivity index (χ0) is 16.0. The molecule has 0 unspecified atom stereocenters. The molecule has 3 rings (SSSR count). The Hall–Kier alpha value is -2.82. The largest absolute Gasteiger partial charge is 0.508 e. The van der Waals surface area contributed by atoms with Crippen LogP contribution in [-0.4, -0.2) is 38.1 Å². The van der Waals surface area contributed by atoms with E-state index in [0.29, 0.717) is 16.5 Å². The fourth-order valence-corrected chi connectivity index (χ4v) is 2.42. The molecule has 22 heavy (non-hydrogen) atoms. The van der Waals surface area contributed by atoms with Crippen LogP contribution in [0.1, 0.15) is 32.0 Å². The molecule has 7 heteroatoms. The van der Waals surface area contributed by atoms with Crippen molar-refractivity contribution in [3.05, 3.63) is 58.5 Å². The van der Waals surface area contributed by atoms with Gasteiger partial charge in [0, 0.05) is 5.56 Å². The van der Waals surface area contributed by atoms with E-state index in [0.717, 1.165) is 0 Å². The lowest BCUT2D eigenvalue weighted by atomic mass is 9.70. The van der Waals surface area contributed by atoms with E-state index in [1.807, 2.05) is 0 Å². The Morgan fingerprint density at radius 2 is 1.64 bits per heavy atom. The Balaban J connectivity index is 2.14. The predicted molar refractivity (Wildman–Crippen MR) is 83.6 cm³/mol. The van der Waals surface area contributed by atoms with Gasteiger partial charge in [-0.25, -0.2) is 0 Å². The predicted octanol–water partition coefficient (Wildman–Crippen LogP) is -0.0836. The molecule has 0 saturated heterocycles. The highest BCUT2D eigenvalue weighted by Crippen LogP contribution is 2.31. The number of rotatable bonds is 2. The normalized spacial score (nSPS) is 14.2. The van der Waals surface area contributed by atoms with E-state index in [4.69, 9.17) is 4.42 Å². The fraction of sp³-hybridized carbons (Fsp3) is 0. The minimum absolute atomic E-state index is 0.0196. The van der Waals surface area contributed by atoms with Crippen LogP contribution in [-0.2, 0) is 4.79 Å². The SMILES string of the molecule is BC1=C(B)c2occ(C(=O)c3ccc(O)cc3)c2C(=O)C1=O. The number of fused-ring (bicyclic) bond motifs is 1. The highest BCUT2D eigenvalue weighted by atomic mass is 16.3. The van der Waals surface area contributed by atoms with Gasteiger partial charge in [-0.1, -0.05) is 0 Å². The van der Waals surface area contributed by atoms with Gasteiger partial charge >= 0.3 is 0 Å². The minimum Gasteiger partial charge on any atom is -0.508 e. The Kier molecular flexibility index (Phi) is 3.13. The number of furan rings is 1. The molecule has 0 saturated carbocycles. The number of carbonyl (C=O) groups excluding carboxylic acids is 3. The first-order valence-corrected chi connectivity index (χ1v) is 6.64. The van der Waals surface area contributed by atoms with Crippen LogP contribution in [0.5, 0.6) is 5.75 Å². The average molecular weight is 292 g/mol. The van der Waals surface area contributed by atoms with Gasteiger partial charge in [0.2, 0.25) is 11.6 Å². The number of ketones is 3. The quantitative estimate of drug-likeness (QED) is 0.475. The molecule has 0 atom stereocenters. The lowest BCUT2D eigenvalue weighted by Crippen LogP contribution is -2.25. The molecular weight excluding hydrogens is 282 g/mol.